The van der Waals surface area contributed by atoms with Crippen molar-refractivity contribution in [3.05, 3.63) is 38.9 Å². The molecule has 1 aliphatic heterocycles. The molecule has 112 valence electrons. The lowest BCUT2D eigenvalue weighted by atomic mass is 10.1. The van der Waals surface area contributed by atoms with E-state index < -0.39 is 22.7 Å². The largest absolute Gasteiger partial charge is 0.448 e. The van der Waals surface area contributed by atoms with E-state index in [-0.39, 0.29) is 16.5 Å². The number of rotatable bonds is 3. The highest BCUT2D eigenvalue weighted by Gasteiger charge is 2.28. The number of nitro groups is 1. The molecule has 21 heavy (non-hydrogen) atoms. The average Bonchev–Trinajstić information content (AvgIpc) is 2.64. The predicted molar refractivity (Wildman–Crippen MR) is 74.2 cm³/mol. The zero-order chi connectivity index (χ0) is 15.4. The van der Waals surface area contributed by atoms with Crippen molar-refractivity contribution in [3.63, 3.8) is 0 Å². The number of halogens is 1. The SMILES string of the molecule is O=C(O[C@H]1CCCCNC1=O)c1ccc(Cl)cc1[N+](=O)[O-]. The number of nitrogens with one attached hydrogen (secondary N) is 1. The van der Waals surface area contributed by atoms with Crippen LogP contribution in [0.4, 0.5) is 5.69 Å². The van der Waals surface area contributed by atoms with Gasteiger partial charge in [-0.3, -0.25) is 14.9 Å². The Kier molecular flexibility index (Phi) is 4.74. The molecule has 0 spiro atoms. The van der Waals surface area contributed by atoms with Crippen molar-refractivity contribution in [1.29, 1.82) is 0 Å². The van der Waals surface area contributed by atoms with Crippen LogP contribution in [0.1, 0.15) is 29.6 Å². The van der Waals surface area contributed by atoms with Gasteiger partial charge in [-0.05, 0) is 31.4 Å². The van der Waals surface area contributed by atoms with E-state index in [1.165, 1.54) is 12.1 Å². The third-order valence-electron chi connectivity index (χ3n) is 3.11. The lowest BCUT2D eigenvalue weighted by Gasteiger charge is -2.14. The summed E-state index contributed by atoms with van der Waals surface area (Å²) in [5.41, 5.74) is -0.664. The van der Waals surface area contributed by atoms with Gasteiger partial charge in [-0.25, -0.2) is 4.79 Å². The number of benzene rings is 1. The molecule has 0 aliphatic carbocycles. The summed E-state index contributed by atoms with van der Waals surface area (Å²) in [5, 5.41) is 13.7. The monoisotopic (exact) mass is 312 g/mol. The number of nitrogens with zero attached hydrogens (tertiary/aromatic N) is 1. The Morgan fingerprint density at radius 3 is 2.90 bits per heavy atom. The summed E-state index contributed by atoms with van der Waals surface area (Å²) in [7, 11) is 0. The van der Waals surface area contributed by atoms with E-state index in [1.54, 1.807) is 0 Å². The highest BCUT2D eigenvalue weighted by Crippen LogP contribution is 2.24. The molecule has 8 heteroatoms. The molecule has 1 aromatic carbocycles. The number of carbonyl (C=O) groups excluding carboxylic acids is 2. The molecule has 0 bridgehead atoms. The second-order valence-corrected chi connectivity index (χ2v) is 5.04. The number of nitro benzene ring substituents is 1. The summed E-state index contributed by atoms with van der Waals surface area (Å²) in [4.78, 5) is 34.0. The maximum absolute atomic E-state index is 12.1. The molecule has 0 radical (unpaired) electrons. The van der Waals surface area contributed by atoms with E-state index in [1.807, 2.05) is 0 Å². The summed E-state index contributed by atoms with van der Waals surface area (Å²) < 4.78 is 5.10. The molecular formula is C13H13ClN2O5. The van der Waals surface area contributed by atoms with Crippen molar-refractivity contribution < 1.29 is 19.2 Å². The second-order valence-electron chi connectivity index (χ2n) is 4.60. The molecule has 1 heterocycles. The maximum atomic E-state index is 12.1. The highest BCUT2D eigenvalue weighted by molar-refractivity contribution is 6.31. The molecule has 1 saturated heterocycles. The van der Waals surface area contributed by atoms with Gasteiger partial charge in [-0.2, -0.15) is 0 Å². The van der Waals surface area contributed by atoms with Gasteiger partial charge in [-0.1, -0.05) is 11.6 Å². The van der Waals surface area contributed by atoms with E-state index in [0.29, 0.717) is 13.0 Å². The minimum absolute atomic E-state index is 0.144. The molecule has 0 saturated carbocycles. The maximum Gasteiger partial charge on any atom is 0.345 e. The van der Waals surface area contributed by atoms with Crippen LogP contribution < -0.4 is 5.32 Å². The molecule has 1 amide bonds. The van der Waals surface area contributed by atoms with Crippen LogP contribution in [-0.4, -0.2) is 29.4 Å². The van der Waals surface area contributed by atoms with Crippen LogP contribution in [0.3, 0.4) is 0 Å². The summed E-state index contributed by atoms with van der Waals surface area (Å²) >= 11 is 5.68. The quantitative estimate of drug-likeness (QED) is 0.523. The van der Waals surface area contributed by atoms with E-state index in [2.05, 4.69) is 5.32 Å². The number of esters is 1. The fourth-order valence-electron chi connectivity index (χ4n) is 2.04. The normalized spacial score (nSPS) is 18.5. The Bertz CT molecular complexity index is 590. The van der Waals surface area contributed by atoms with E-state index in [0.717, 1.165) is 18.9 Å². The second kappa shape index (κ2) is 6.53. The number of hydrogen-bond acceptors (Lipinski definition) is 5. The molecule has 2 rings (SSSR count). The third kappa shape index (κ3) is 3.69. The van der Waals surface area contributed by atoms with Gasteiger partial charge < -0.3 is 10.1 Å². The Morgan fingerprint density at radius 2 is 2.19 bits per heavy atom. The predicted octanol–water partition coefficient (Wildman–Crippen LogP) is 2.07. The van der Waals surface area contributed by atoms with Crippen molar-refractivity contribution in [2.24, 2.45) is 0 Å². The van der Waals surface area contributed by atoms with Crippen LogP contribution in [0, 0.1) is 10.1 Å². The van der Waals surface area contributed by atoms with Crippen LogP contribution in [0.5, 0.6) is 0 Å². The van der Waals surface area contributed by atoms with Crippen LogP contribution in [0.2, 0.25) is 5.02 Å². The van der Waals surface area contributed by atoms with Crippen molar-refractivity contribution in [2.45, 2.75) is 25.4 Å². The van der Waals surface area contributed by atoms with Crippen molar-refractivity contribution in [1.82, 2.24) is 5.32 Å². The van der Waals surface area contributed by atoms with E-state index >= 15 is 0 Å². The molecule has 1 N–H and O–H groups in total. The Balaban J connectivity index is 2.20. The van der Waals surface area contributed by atoms with Gasteiger partial charge in [-0.15, -0.1) is 0 Å². The van der Waals surface area contributed by atoms with Gasteiger partial charge in [0.1, 0.15) is 5.56 Å². The number of amides is 1. The minimum atomic E-state index is -0.921. The summed E-state index contributed by atoms with van der Waals surface area (Å²) in [6.07, 6.45) is 1.02. The average molecular weight is 313 g/mol. The molecule has 1 aliphatic rings. The Morgan fingerprint density at radius 1 is 1.43 bits per heavy atom. The molecule has 7 nitrogen and oxygen atoms in total. The Hall–Kier alpha value is -2.15. The first kappa shape index (κ1) is 15.2. The van der Waals surface area contributed by atoms with Crippen molar-refractivity contribution in [3.8, 4) is 0 Å². The molecular weight excluding hydrogens is 300 g/mol. The van der Waals surface area contributed by atoms with E-state index in [4.69, 9.17) is 16.3 Å². The Labute approximate surface area is 125 Å². The fraction of sp³-hybridized carbons (Fsp3) is 0.385. The van der Waals surface area contributed by atoms with Gasteiger partial charge in [0.15, 0.2) is 6.10 Å². The topological polar surface area (TPSA) is 98.5 Å². The molecule has 1 fully saturated rings. The standard InChI is InChI=1S/C13H13ClN2O5/c14-8-4-5-9(10(7-8)16(19)20)13(18)21-11-3-1-2-6-15-12(11)17/h4-5,7,11H,1-3,6H2,(H,15,17)/t11-/m0/s1. The first-order valence-corrected chi connectivity index (χ1v) is 6.79. The zero-order valence-electron chi connectivity index (χ0n) is 11.0. The molecule has 0 unspecified atom stereocenters. The third-order valence-corrected chi connectivity index (χ3v) is 3.35. The van der Waals surface area contributed by atoms with Crippen LogP contribution in [0.15, 0.2) is 18.2 Å². The van der Waals surface area contributed by atoms with Crippen LogP contribution in [0.25, 0.3) is 0 Å². The van der Waals surface area contributed by atoms with Gasteiger partial charge in [0.25, 0.3) is 11.6 Å². The zero-order valence-corrected chi connectivity index (χ0v) is 11.8. The lowest BCUT2D eigenvalue weighted by Crippen LogP contribution is -2.36. The lowest BCUT2D eigenvalue weighted by molar-refractivity contribution is -0.385. The molecule has 0 aromatic heterocycles. The van der Waals surface area contributed by atoms with Crippen molar-refractivity contribution >= 4 is 29.2 Å². The first-order chi connectivity index (χ1) is 9.99. The van der Waals surface area contributed by atoms with Gasteiger partial charge in [0.2, 0.25) is 0 Å². The smallest absolute Gasteiger partial charge is 0.345 e. The summed E-state index contributed by atoms with van der Waals surface area (Å²) in [6.45, 7) is 0.536. The van der Waals surface area contributed by atoms with E-state index in [9.17, 15) is 19.7 Å². The molecule has 1 aromatic rings. The van der Waals surface area contributed by atoms with Crippen molar-refractivity contribution in [2.75, 3.05) is 6.54 Å². The number of hydrogen-bond donors (Lipinski definition) is 1. The summed E-state index contributed by atoms with van der Waals surface area (Å²) in [6, 6.07) is 3.65. The van der Waals surface area contributed by atoms with Crippen LogP contribution >= 0.6 is 11.6 Å². The van der Waals surface area contributed by atoms with Gasteiger partial charge >= 0.3 is 5.97 Å². The van der Waals surface area contributed by atoms with Crippen LogP contribution in [-0.2, 0) is 9.53 Å². The highest BCUT2D eigenvalue weighted by atomic mass is 35.5. The van der Waals surface area contributed by atoms with Gasteiger partial charge in [0, 0.05) is 17.6 Å². The number of ether oxygens (including phenoxy) is 1. The summed E-state index contributed by atoms with van der Waals surface area (Å²) in [5.74, 6) is -1.28. The minimum Gasteiger partial charge on any atom is -0.448 e. The van der Waals surface area contributed by atoms with Gasteiger partial charge in [0.05, 0.1) is 4.92 Å². The fourth-order valence-corrected chi connectivity index (χ4v) is 2.21. The first-order valence-electron chi connectivity index (χ1n) is 6.41. The molecule has 1 atom stereocenters. The number of carbonyl (C=O) groups is 2.